The smallest absolute Gasteiger partial charge is 0.303 e. The molecule has 0 radical (unpaired) electrons. The zero-order chi connectivity index (χ0) is 32.6. The molecule has 0 saturated carbocycles. The highest BCUT2D eigenvalue weighted by Gasteiger charge is 2.61. The molecular weight excluding hydrogens is 600 g/mol. The van der Waals surface area contributed by atoms with E-state index in [9.17, 15) is 19.2 Å². The molecule has 1 saturated heterocycles. The molecule has 6 atom stereocenters. The molecule has 1 aliphatic heterocycles. The highest BCUT2D eigenvalue weighted by atomic mass is 35.5. The number of hydrogen-bond acceptors (Lipinski definition) is 12. The largest absolute Gasteiger partial charge is 0.494 e. The second-order valence-electron chi connectivity index (χ2n) is 9.86. The zero-order valence-electron chi connectivity index (χ0n) is 25.6. The Bertz CT molecular complexity index is 1330. The minimum Gasteiger partial charge on any atom is -0.494 e. The maximum atomic E-state index is 12.4. The summed E-state index contributed by atoms with van der Waals surface area (Å²) in [6, 6.07) is 12.1. The van der Waals surface area contributed by atoms with Gasteiger partial charge in [0.2, 0.25) is 11.9 Å². The van der Waals surface area contributed by atoms with Crippen LogP contribution < -0.4 is 4.74 Å². The van der Waals surface area contributed by atoms with Gasteiger partial charge in [-0.05, 0) is 36.8 Å². The summed E-state index contributed by atoms with van der Waals surface area (Å²) in [6.07, 6.45) is -6.21. The fourth-order valence-electron chi connectivity index (χ4n) is 5.09. The number of halogens is 1. The van der Waals surface area contributed by atoms with E-state index < -0.39 is 66.8 Å². The Kier molecular flexibility index (Phi) is 12.1. The molecule has 1 aliphatic rings. The summed E-state index contributed by atoms with van der Waals surface area (Å²) in [7, 11) is 2.81. The summed E-state index contributed by atoms with van der Waals surface area (Å²) in [6.45, 7) is 6.60. The average Bonchev–Trinajstić information content (AvgIpc) is 2.96. The van der Waals surface area contributed by atoms with Crippen LogP contribution in [0.15, 0.2) is 42.5 Å². The minimum absolute atomic E-state index is 0.282. The fourth-order valence-corrected chi connectivity index (χ4v) is 5.31. The topological polar surface area (TPSA) is 142 Å². The standard InChI is InChI=1S/C31H37ClO12/c1-8-39-23-12-9-21(10-13-23)27(37-6)24-15-22(11-14-25(24)32)31(38-7)30(43-20(5)36)29(42-19(4)35)28(41-18(3)34)26(44-31)16-40-17(2)33/h9-15,26-30H,8,16H2,1-7H3/t26-,27?,28-,29+,30-,31?/m1/s1. The van der Waals surface area contributed by atoms with Gasteiger partial charge in [-0.3, -0.25) is 19.2 Å². The van der Waals surface area contributed by atoms with E-state index in [1.807, 2.05) is 19.1 Å². The third-order valence-corrected chi connectivity index (χ3v) is 7.10. The van der Waals surface area contributed by atoms with Crippen LogP contribution in [0.25, 0.3) is 0 Å². The van der Waals surface area contributed by atoms with Crippen molar-refractivity contribution in [3.05, 3.63) is 64.2 Å². The van der Waals surface area contributed by atoms with Crippen LogP contribution >= 0.6 is 11.6 Å². The Balaban J connectivity index is 2.23. The maximum Gasteiger partial charge on any atom is 0.303 e. The van der Waals surface area contributed by atoms with E-state index in [1.165, 1.54) is 21.1 Å². The Hall–Kier alpha value is -3.71. The number of hydrogen-bond donors (Lipinski definition) is 0. The maximum absolute atomic E-state index is 12.4. The number of carbonyl (C=O) groups excluding carboxylic acids is 4. The first-order valence-corrected chi connectivity index (χ1v) is 14.2. The average molecular weight is 637 g/mol. The first-order valence-electron chi connectivity index (χ1n) is 13.8. The van der Waals surface area contributed by atoms with Gasteiger partial charge in [0.15, 0.2) is 12.2 Å². The van der Waals surface area contributed by atoms with Gasteiger partial charge in [-0.2, -0.15) is 0 Å². The van der Waals surface area contributed by atoms with Crippen LogP contribution in [0, 0.1) is 0 Å². The van der Waals surface area contributed by atoms with Crippen molar-refractivity contribution in [1.29, 1.82) is 0 Å². The Morgan fingerprint density at radius 2 is 1.48 bits per heavy atom. The van der Waals surface area contributed by atoms with Crippen molar-refractivity contribution < 1.29 is 57.1 Å². The van der Waals surface area contributed by atoms with Crippen molar-refractivity contribution in [1.82, 2.24) is 0 Å². The van der Waals surface area contributed by atoms with Crippen LogP contribution in [-0.4, -0.2) is 75.7 Å². The second kappa shape index (κ2) is 15.3. The Labute approximate surface area is 260 Å². The molecular formula is C31H37ClO12. The zero-order valence-corrected chi connectivity index (χ0v) is 26.4. The summed E-state index contributed by atoms with van der Waals surface area (Å²) in [4.78, 5) is 48.7. The highest BCUT2D eigenvalue weighted by Crippen LogP contribution is 2.45. The molecule has 0 bridgehead atoms. The molecule has 2 aromatic rings. The molecule has 12 nitrogen and oxygen atoms in total. The lowest BCUT2D eigenvalue weighted by Crippen LogP contribution is -2.67. The van der Waals surface area contributed by atoms with Crippen molar-refractivity contribution in [2.45, 2.75) is 70.9 Å². The number of esters is 4. The van der Waals surface area contributed by atoms with Gasteiger partial charge in [0.25, 0.3) is 0 Å². The van der Waals surface area contributed by atoms with Crippen LogP contribution in [-0.2, 0) is 58.1 Å². The number of methoxy groups -OCH3 is 2. The summed E-state index contributed by atoms with van der Waals surface area (Å²) in [5.41, 5.74) is 1.54. The lowest BCUT2D eigenvalue weighted by molar-refractivity contribution is -0.367. The van der Waals surface area contributed by atoms with Crippen molar-refractivity contribution in [2.24, 2.45) is 0 Å². The van der Waals surface area contributed by atoms with Gasteiger partial charge in [0.1, 0.15) is 24.6 Å². The van der Waals surface area contributed by atoms with E-state index in [-0.39, 0.29) is 5.56 Å². The van der Waals surface area contributed by atoms with Crippen molar-refractivity contribution in [2.75, 3.05) is 27.4 Å². The summed E-state index contributed by atoms with van der Waals surface area (Å²) in [5.74, 6) is -4.23. The van der Waals surface area contributed by atoms with Gasteiger partial charge in [0.05, 0.1) is 6.61 Å². The van der Waals surface area contributed by atoms with Gasteiger partial charge in [-0.1, -0.05) is 29.8 Å². The molecule has 1 fully saturated rings. The van der Waals surface area contributed by atoms with Crippen LogP contribution in [0.5, 0.6) is 5.75 Å². The minimum atomic E-state index is -1.98. The van der Waals surface area contributed by atoms with Crippen molar-refractivity contribution in [3.8, 4) is 5.75 Å². The fraction of sp³-hybridized carbons (Fsp3) is 0.484. The van der Waals surface area contributed by atoms with Gasteiger partial charge in [0, 0.05) is 58.1 Å². The van der Waals surface area contributed by atoms with Gasteiger partial charge >= 0.3 is 23.9 Å². The summed E-state index contributed by atoms with van der Waals surface area (Å²) in [5, 5.41) is 0.339. The molecule has 0 aliphatic carbocycles. The molecule has 13 heteroatoms. The van der Waals surface area contributed by atoms with Gasteiger partial charge in [-0.15, -0.1) is 0 Å². The van der Waals surface area contributed by atoms with Crippen LogP contribution in [0.3, 0.4) is 0 Å². The lowest BCUT2D eigenvalue weighted by Gasteiger charge is -2.50. The highest BCUT2D eigenvalue weighted by molar-refractivity contribution is 6.31. The van der Waals surface area contributed by atoms with E-state index in [4.69, 9.17) is 49.5 Å². The molecule has 0 spiro atoms. The van der Waals surface area contributed by atoms with Gasteiger partial charge in [-0.25, -0.2) is 0 Å². The SMILES string of the molecule is CCOc1ccc(C(OC)c2cc(C3(OC)O[C@H](COC(C)=O)[C@@H](OC(C)=O)[C@H](OC(C)=O)[C@H]3OC(C)=O)ccc2Cl)cc1. The molecule has 0 N–H and O–H groups in total. The first kappa shape index (κ1) is 34.8. The molecule has 2 aromatic carbocycles. The van der Waals surface area contributed by atoms with Crippen LogP contribution in [0.2, 0.25) is 5.02 Å². The first-order chi connectivity index (χ1) is 20.9. The predicted molar refractivity (Wildman–Crippen MR) is 155 cm³/mol. The van der Waals surface area contributed by atoms with E-state index in [0.717, 1.165) is 26.3 Å². The Morgan fingerprint density at radius 3 is 2.00 bits per heavy atom. The number of carbonyl (C=O) groups is 4. The van der Waals surface area contributed by atoms with Crippen LogP contribution in [0.4, 0.5) is 0 Å². The Morgan fingerprint density at radius 1 is 0.864 bits per heavy atom. The molecule has 0 aromatic heterocycles. The number of rotatable bonds is 12. The molecule has 1 heterocycles. The molecule has 3 rings (SSSR count). The quantitative estimate of drug-likeness (QED) is 0.245. The van der Waals surface area contributed by atoms with E-state index >= 15 is 0 Å². The van der Waals surface area contributed by atoms with E-state index in [0.29, 0.717) is 22.9 Å². The number of benzene rings is 2. The van der Waals surface area contributed by atoms with Crippen molar-refractivity contribution in [3.63, 3.8) is 0 Å². The van der Waals surface area contributed by atoms with E-state index in [1.54, 1.807) is 30.3 Å². The van der Waals surface area contributed by atoms with E-state index in [2.05, 4.69) is 0 Å². The normalized spacial score (nSPS) is 23.6. The summed E-state index contributed by atoms with van der Waals surface area (Å²) >= 11 is 6.68. The second-order valence-corrected chi connectivity index (χ2v) is 10.3. The van der Waals surface area contributed by atoms with Crippen LogP contribution in [0.1, 0.15) is 57.4 Å². The third-order valence-electron chi connectivity index (χ3n) is 6.75. The van der Waals surface area contributed by atoms with Gasteiger partial charge < -0.3 is 37.9 Å². The van der Waals surface area contributed by atoms with Crippen molar-refractivity contribution >= 4 is 35.5 Å². The third kappa shape index (κ3) is 8.06. The molecule has 0 amide bonds. The summed E-state index contributed by atoms with van der Waals surface area (Å²) < 4.78 is 45.8. The molecule has 44 heavy (non-hydrogen) atoms. The lowest BCUT2D eigenvalue weighted by atomic mass is 9.86. The predicted octanol–water partition coefficient (Wildman–Crippen LogP) is 4.03. The molecule has 240 valence electrons. The molecule has 2 unspecified atom stereocenters. The number of ether oxygens (including phenoxy) is 8. The monoisotopic (exact) mass is 636 g/mol.